The summed E-state index contributed by atoms with van der Waals surface area (Å²) in [6.07, 6.45) is 1.53. The lowest BCUT2D eigenvalue weighted by Gasteiger charge is -2.38. The van der Waals surface area contributed by atoms with E-state index in [4.69, 9.17) is 14.2 Å². The number of piperidine rings is 1. The van der Waals surface area contributed by atoms with Crippen LogP contribution < -0.4 is 10.1 Å². The van der Waals surface area contributed by atoms with Crippen molar-refractivity contribution in [1.82, 2.24) is 14.9 Å². The van der Waals surface area contributed by atoms with Crippen molar-refractivity contribution in [2.24, 2.45) is 5.92 Å². The van der Waals surface area contributed by atoms with Gasteiger partial charge in [0, 0.05) is 38.3 Å². The molecule has 3 heterocycles. The van der Waals surface area contributed by atoms with Crippen molar-refractivity contribution in [2.45, 2.75) is 45.4 Å². The third-order valence-electron chi connectivity index (χ3n) is 4.85. The van der Waals surface area contributed by atoms with E-state index in [0.717, 1.165) is 0 Å². The van der Waals surface area contributed by atoms with E-state index in [1.807, 2.05) is 20.8 Å². The summed E-state index contributed by atoms with van der Waals surface area (Å²) < 4.78 is 16.1. The number of likely N-dealkylation sites (tertiary alicyclic amines) is 1. The van der Waals surface area contributed by atoms with Crippen molar-refractivity contribution < 1.29 is 23.8 Å². The van der Waals surface area contributed by atoms with Gasteiger partial charge in [0.05, 0.1) is 18.3 Å². The van der Waals surface area contributed by atoms with Crippen molar-refractivity contribution >= 4 is 28.7 Å². The van der Waals surface area contributed by atoms with Crippen LogP contribution in [0.5, 0.6) is 5.88 Å². The second-order valence-corrected chi connectivity index (χ2v) is 8.15. The topological polar surface area (TPSA) is 103 Å². The molecule has 1 fully saturated rings. The van der Waals surface area contributed by atoms with E-state index < -0.39 is 17.9 Å². The standard InChI is InChI=1S/C21H28N4O5/c1-21(2,3)30-20(27)25-11-9-13(12-17(25)29-5)19(26)23-15-8-10-22-14-6-7-16(28-4)24-18(14)15/h6-8,10,13,17H,9,11-12H2,1-5H3,(H,22,23,26)/t13?,17-/m1/s1. The van der Waals surface area contributed by atoms with E-state index >= 15 is 0 Å². The second-order valence-electron chi connectivity index (χ2n) is 8.15. The SMILES string of the molecule is COc1ccc2nccc(NC(=O)C3CCN(C(=O)OC(C)(C)C)[C@H](OC)C3)c2n1. The highest BCUT2D eigenvalue weighted by atomic mass is 16.6. The van der Waals surface area contributed by atoms with Gasteiger partial charge in [-0.1, -0.05) is 0 Å². The maximum Gasteiger partial charge on any atom is 0.412 e. The summed E-state index contributed by atoms with van der Waals surface area (Å²) in [5.74, 6) is -0.0309. The second kappa shape index (κ2) is 8.83. The third kappa shape index (κ3) is 4.96. The first kappa shape index (κ1) is 21.8. The van der Waals surface area contributed by atoms with Gasteiger partial charge in [-0.3, -0.25) is 14.7 Å². The quantitative estimate of drug-likeness (QED) is 0.816. The molecule has 1 unspecified atom stereocenters. The molecule has 2 amide bonds. The average Bonchev–Trinajstić information content (AvgIpc) is 2.71. The van der Waals surface area contributed by atoms with Crippen molar-refractivity contribution in [3.8, 4) is 5.88 Å². The van der Waals surface area contributed by atoms with Gasteiger partial charge in [0.1, 0.15) is 17.3 Å². The number of amides is 2. The molecule has 2 aromatic heterocycles. The summed E-state index contributed by atoms with van der Waals surface area (Å²) in [5, 5.41) is 2.95. The molecule has 1 N–H and O–H groups in total. The fourth-order valence-electron chi connectivity index (χ4n) is 3.38. The van der Waals surface area contributed by atoms with Crippen LogP contribution in [0.2, 0.25) is 0 Å². The highest BCUT2D eigenvalue weighted by Gasteiger charge is 2.37. The molecule has 1 saturated heterocycles. The Morgan fingerprint density at radius 3 is 2.63 bits per heavy atom. The van der Waals surface area contributed by atoms with E-state index in [2.05, 4.69) is 15.3 Å². The molecule has 2 aromatic rings. The highest BCUT2D eigenvalue weighted by molar-refractivity contribution is 6.00. The van der Waals surface area contributed by atoms with Crippen LogP contribution in [0.15, 0.2) is 24.4 Å². The maximum atomic E-state index is 13.0. The van der Waals surface area contributed by atoms with E-state index in [0.29, 0.717) is 42.0 Å². The molecule has 1 aliphatic heterocycles. The van der Waals surface area contributed by atoms with Crippen molar-refractivity contribution in [3.05, 3.63) is 24.4 Å². The molecule has 3 rings (SSSR count). The minimum absolute atomic E-state index is 0.155. The summed E-state index contributed by atoms with van der Waals surface area (Å²) in [4.78, 5) is 35.6. The first-order valence-electron chi connectivity index (χ1n) is 9.85. The van der Waals surface area contributed by atoms with Gasteiger partial charge in [-0.05, 0) is 39.3 Å². The number of rotatable bonds is 4. The number of ether oxygens (including phenoxy) is 3. The molecule has 0 aliphatic carbocycles. The largest absolute Gasteiger partial charge is 0.481 e. The van der Waals surface area contributed by atoms with E-state index in [1.54, 1.807) is 24.4 Å². The minimum Gasteiger partial charge on any atom is -0.481 e. The Hall–Kier alpha value is -2.94. The van der Waals surface area contributed by atoms with Gasteiger partial charge in [-0.25, -0.2) is 9.78 Å². The molecular weight excluding hydrogens is 388 g/mol. The molecule has 0 bridgehead atoms. The number of nitrogens with one attached hydrogen (secondary N) is 1. The number of hydrogen-bond acceptors (Lipinski definition) is 7. The molecule has 0 aromatic carbocycles. The van der Waals surface area contributed by atoms with E-state index in [1.165, 1.54) is 19.1 Å². The van der Waals surface area contributed by atoms with Crippen molar-refractivity contribution in [1.29, 1.82) is 0 Å². The number of fused-ring (bicyclic) bond motifs is 1. The Labute approximate surface area is 175 Å². The fourth-order valence-corrected chi connectivity index (χ4v) is 3.38. The number of carbonyl (C=O) groups is 2. The van der Waals surface area contributed by atoms with Crippen LogP contribution in [-0.4, -0.2) is 59.5 Å². The van der Waals surface area contributed by atoms with Crippen molar-refractivity contribution in [2.75, 3.05) is 26.1 Å². The number of hydrogen-bond donors (Lipinski definition) is 1. The van der Waals surface area contributed by atoms with E-state index in [9.17, 15) is 9.59 Å². The number of nitrogens with zero attached hydrogens (tertiary/aromatic N) is 3. The van der Waals surface area contributed by atoms with Crippen LogP contribution in [0.25, 0.3) is 11.0 Å². The first-order valence-corrected chi connectivity index (χ1v) is 9.85. The molecule has 9 heteroatoms. The Bertz CT molecular complexity index is 927. The number of pyridine rings is 2. The van der Waals surface area contributed by atoms with Gasteiger partial charge in [0.2, 0.25) is 11.8 Å². The number of anilines is 1. The number of carbonyl (C=O) groups excluding carboxylic acids is 2. The Morgan fingerprint density at radius 1 is 1.20 bits per heavy atom. The molecule has 1 aliphatic rings. The predicted molar refractivity (Wildman–Crippen MR) is 111 cm³/mol. The molecular formula is C21H28N4O5. The lowest BCUT2D eigenvalue weighted by molar-refractivity contribution is -0.127. The van der Waals surface area contributed by atoms with Gasteiger partial charge >= 0.3 is 6.09 Å². The van der Waals surface area contributed by atoms with Gasteiger partial charge in [0.25, 0.3) is 0 Å². The monoisotopic (exact) mass is 416 g/mol. The summed E-state index contributed by atoms with van der Waals surface area (Å²) in [6, 6.07) is 5.21. The van der Waals surface area contributed by atoms with Gasteiger partial charge in [0.15, 0.2) is 0 Å². The van der Waals surface area contributed by atoms with Crippen molar-refractivity contribution in [3.63, 3.8) is 0 Å². The molecule has 30 heavy (non-hydrogen) atoms. The van der Waals surface area contributed by atoms with Gasteiger partial charge in [-0.2, -0.15) is 0 Å². The highest BCUT2D eigenvalue weighted by Crippen LogP contribution is 2.28. The lowest BCUT2D eigenvalue weighted by Crippen LogP contribution is -2.50. The van der Waals surface area contributed by atoms with Gasteiger partial charge < -0.3 is 19.5 Å². The molecule has 162 valence electrons. The zero-order chi connectivity index (χ0) is 21.9. The third-order valence-corrected chi connectivity index (χ3v) is 4.85. The fraction of sp³-hybridized carbons (Fsp3) is 0.524. The molecule has 0 spiro atoms. The molecule has 0 radical (unpaired) electrons. The Morgan fingerprint density at radius 2 is 1.97 bits per heavy atom. The Kier molecular flexibility index (Phi) is 6.40. The predicted octanol–water partition coefficient (Wildman–Crippen LogP) is 3.20. The summed E-state index contributed by atoms with van der Waals surface area (Å²) in [5.41, 5.74) is 1.18. The van der Waals surface area contributed by atoms with Crippen LogP contribution in [0.1, 0.15) is 33.6 Å². The van der Waals surface area contributed by atoms with Gasteiger partial charge in [-0.15, -0.1) is 0 Å². The van der Waals surface area contributed by atoms with Crippen LogP contribution in [0.3, 0.4) is 0 Å². The normalized spacial score (nSPS) is 19.4. The molecule has 9 nitrogen and oxygen atoms in total. The number of methoxy groups -OCH3 is 2. The van der Waals surface area contributed by atoms with Crippen LogP contribution >= 0.6 is 0 Å². The van der Waals surface area contributed by atoms with E-state index in [-0.39, 0.29) is 11.8 Å². The smallest absolute Gasteiger partial charge is 0.412 e. The zero-order valence-electron chi connectivity index (χ0n) is 18.0. The number of aromatic nitrogens is 2. The summed E-state index contributed by atoms with van der Waals surface area (Å²) in [6.45, 7) is 5.81. The lowest BCUT2D eigenvalue weighted by atomic mass is 9.94. The maximum absolute atomic E-state index is 13.0. The molecule has 2 atom stereocenters. The van der Waals surface area contributed by atoms with Crippen LogP contribution in [0.4, 0.5) is 10.5 Å². The summed E-state index contributed by atoms with van der Waals surface area (Å²) in [7, 11) is 3.06. The zero-order valence-corrected chi connectivity index (χ0v) is 18.0. The Balaban J connectivity index is 1.71. The average molecular weight is 416 g/mol. The molecule has 0 saturated carbocycles. The summed E-state index contributed by atoms with van der Waals surface area (Å²) >= 11 is 0. The first-order chi connectivity index (χ1) is 14.2. The van der Waals surface area contributed by atoms with Crippen LogP contribution in [0, 0.1) is 5.92 Å². The van der Waals surface area contributed by atoms with Crippen LogP contribution in [-0.2, 0) is 14.3 Å². The minimum atomic E-state index is -0.597.